The van der Waals surface area contributed by atoms with Crippen LogP contribution < -0.4 is 5.32 Å². The fourth-order valence-corrected chi connectivity index (χ4v) is 1.56. The quantitative estimate of drug-likeness (QED) is 0.819. The second kappa shape index (κ2) is 4.64. The lowest BCUT2D eigenvalue weighted by Gasteiger charge is -2.09. The third-order valence-corrected chi connectivity index (χ3v) is 2.13. The summed E-state index contributed by atoms with van der Waals surface area (Å²) in [5, 5.41) is 12.6. The van der Waals surface area contributed by atoms with E-state index in [0.717, 1.165) is 0 Å². The van der Waals surface area contributed by atoms with Crippen LogP contribution in [0.4, 0.5) is 0 Å². The molecule has 1 rings (SSSR count). The Balaban J connectivity index is 3.00. The lowest BCUT2D eigenvalue weighted by atomic mass is 10.1. The molecule has 0 aliphatic rings. The summed E-state index contributed by atoms with van der Waals surface area (Å²) in [6.07, 6.45) is -1.24. The average molecular weight is 234 g/mol. The maximum atomic E-state index is 11.1. The molecule has 1 amide bonds. The van der Waals surface area contributed by atoms with Crippen LogP contribution in [0.5, 0.6) is 0 Å². The summed E-state index contributed by atoms with van der Waals surface area (Å²) in [6, 6.07) is 4.52. The second-order valence-corrected chi connectivity index (χ2v) is 3.59. The minimum absolute atomic E-state index is 0.377. The van der Waals surface area contributed by atoms with E-state index in [1.165, 1.54) is 25.2 Å². The molecule has 0 saturated carbocycles. The summed E-state index contributed by atoms with van der Waals surface area (Å²) in [7, 11) is 1.44. The van der Waals surface area contributed by atoms with Crippen molar-refractivity contribution in [2.45, 2.75) is 6.10 Å². The normalized spacial score (nSPS) is 12.3. The standard InChI is InChI=1S/C9H9Cl2NO2/c1-12-9(14)8(13)5-2-6(10)4-7(11)3-5/h2-4,8,13H,1H3,(H,12,14). The Hall–Kier alpha value is -0.770. The van der Waals surface area contributed by atoms with Crippen molar-refractivity contribution in [2.24, 2.45) is 0 Å². The predicted octanol–water partition coefficient (Wildman–Crippen LogP) is 1.77. The number of benzene rings is 1. The molecule has 76 valence electrons. The van der Waals surface area contributed by atoms with E-state index in [-0.39, 0.29) is 0 Å². The Kier molecular flexibility index (Phi) is 3.75. The zero-order valence-electron chi connectivity index (χ0n) is 7.42. The van der Waals surface area contributed by atoms with Crippen molar-refractivity contribution in [3.63, 3.8) is 0 Å². The van der Waals surface area contributed by atoms with Crippen LogP contribution in [0, 0.1) is 0 Å². The number of nitrogens with one attached hydrogen (secondary N) is 1. The van der Waals surface area contributed by atoms with E-state index in [1.54, 1.807) is 0 Å². The van der Waals surface area contributed by atoms with Gasteiger partial charge in [-0.1, -0.05) is 23.2 Å². The van der Waals surface area contributed by atoms with Crippen LogP contribution in [0.15, 0.2) is 18.2 Å². The first-order valence-corrected chi connectivity index (χ1v) is 4.66. The number of aliphatic hydroxyl groups excluding tert-OH is 1. The summed E-state index contributed by atoms with van der Waals surface area (Å²) in [5.41, 5.74) is 0.377. The van der Waals surface area contributed by atoms with E-state index < -0.39 is 12.0 Å². The fourth-order valence-electron chi connectivity index (χ4n) is 1.02. The molecule has 0 heterocycles. The van der Waals surface area contributed by atoms with Gasteiger partial charge in [-0.25, -0.2) is 0 Å². The Labute approximate surface area is 91.6 Å². The number of likely N-dealkylation sites (N-methyl/N-ethyl adjacent to an activating group) is 1. The highest BCUT2D eigenvalue weighted by Gasteiger charge is 2.16. The molecule has 2 N–H and O–H groups in total. The number of rotatable bonds is 2. The molecule has 1 aromatic rings. The van der Waals surface area contributed by atoms with Crippen LogP contribution in [0.2, 0.25) is 10.0 Å². The van der Waals surface area contributed by atoms with Crippen molar-refractivity contribution in [3.8, 4) is 0 Å². The number of hydrogen-bond acceptors (Lipinski definition) is 2. The topological polar surface area (TPSA) is 49.3 Å². The molecule has 0 aromatic heterocycles. The average Bonchev–Trinajstić information content (AvgIpc) is 2.14. The van der Waals surface area contributed by atoms with E-state index >= 15 is 0 Å². The predicted molar refractivity (Wildman–Crippen MR) is 55.5 cm³/mol. The van der Waals surface area contributed by atoms with Crippen LogP contribution >= 0.6 is 23.2 Å². The van der Waals surface area contributed by atoms with E-state index in [4.69, 9.17) is 23.2 Å². The minimum atomic E-state index is -1.24. The maximum absolute atomic E-state index is 11.1. The third kappa shape index (κ3) is 2.61. The molecule has 14 heavy (non-hydrogen) atoms. The molecule has 0 bridgehead atoms. The van der Waals surface area contributed by atoms with Crippen molar-refractivity contribution in [2.75, 3.05) is 7.05 Å². The highest BCUT2D eigenvalue weighted by atomic mass is 35.5. The van der Waals surface area contributed by atoms with Gasteiger partial charge in [0.2, 0.25) is 0 Å². The second-order valence-electron chi connectivity index (χ2n) is 2.72. The molecule has 1 unspecified atom stereocenters. The van der Waals surface area contributed by atoms with E-state index in [9.17, 15) is 9.90 Å². The molecule has 1 aromatic carbocycles. The van der Waals surface area contributed by atoms with Gasteiger partial charge in [-0.15, -0.1) is 0 Å². The summed E-state index contributed by atoms with van der Waals surface area (Å²) < 4.78 is 0. The number of amides is 1. The highest BCUT2D eigenvalue weighted by Crippen LogP contribution is 2.23. The highest BCUT2D eigenvalue weighted by molar-refractivity contribution is 6.34. The number of halogens is 2. The molecule has 0 spiro atoms. The minimum Gasteiger partial charge on any atom is -0.378 e. The van der Waals surface area contributed by atoms with E-state index in [0.29, 0.717) is 15.6 Å². The van der Waals surface area contributed by atoms with Gasteiger partial charge in [0.1, 0.15) is 0 Å². The molecule has 1 atom stereocenters. The molecule has 0 aliphatic heterocycles. The van der Waals surface area contributed by atoms with Gasteiger partial charge >= 0.3 is 0 Å². The van der Waals surface area contributed by atoms with Crippen molar-refractivity contribution in [1.82, 2.24) is 5.32 Å². The molecule has 3 nitrogen and oxygen atoms in total. The lowest BCUT2D eigenvalue weighted by Crippen LogP contribution is -2.25. The summed E-state index contributed by atoms with van der Waals surface area (Å²) in [4.78, 5) is 11.1. The van der Waals surface area contributed by atoms with Gasteiger partial charge in [0.25, 0.3) is 5.91 Å². The van der Waals surface area contributed by atoms with Gasteiger partial charge in [-0.2, -0.15) is 0 Å². The summed E-state index contributed by atoms with van der Waals surface area (Å²) in [6.45, 7) is 0. The fraction of sp³-hybridized carbons (Fsp3) is 0.222. The van der Waals surface area contributed by atoms with E-state index in [2.05, 4.69) is 5.32 Å². The van der Waals surface area contributed by atoms with Gasteiger partial charge in [-0.3, -0.25) is 4.79 Å². The molecule has 0 saturated heterocycles. The van der Waals surface area contributed by atoms with Crippen LogP contribution in [0.3, 0.4) is 0 Å². The first kappa shape index (κ1) is 11.3. The zero-order chi connectivity index (χ0) is 10.7. The van der Waals surface area contributed by atoms with Gasteiger partial charge in [0.15, 0.2) is 6.10 Å². The van der Waals surface area contributed by atoms with E-state index in [1.807, 2.05) is 0 Å². The molecule has 5 heteroatoms. The number of hydrogen-bond donors (Lipinski definition) is 2. The Morgan fingerprint density at radius 2 is 1.86 bits per heavy atom. The third-order valence-electron chi connectivity index (χ3n) is 1.70. The SMILES string of the molecule is CNC(=O)C(O)c1cc(Cl)cc(Cl)c1. The van der Waals surface area contributed by atoms with Crippen molar-refractivity contribution >= 4 is 29.1 Å². The van der Waals surface area contributed by atoms with Crippen molar-refractivity contribution < 1.29 is 9.90 Å². The molecule has 0 aliphatic carbocycles. The van der Waals surface area contributed by atoms with Gasteiger partial charge in [0, 0.05) is 17.1 Å². The summed E-state index contributed by atoms with van der Waals surface area (Å²) in [5.74, 6) is -0.497. The maximum Gasteiger partial charge on any atom is 0.253 e. The van der Waals surface area contributed by atoms with Crippen LogP contribution in [-0.2, 0) is 4.79 Å². The Bertz CT molecular complexity index is 334. The first-order valence-electron chi connectivity index (χ1n) is 3.90. The van der Waals surface area contributed by atoms with Crippen LogP contribution in [-0.4, -0.2) is 18.1 Å². The zero-order valence-corrected chi connectivity index (χ0v) is 8.93. The molecule has 0 radical (unpaired) electrons. The molecule has 0 fully saturated rings. The lowest BCUT2D eigenvalue weighted by molar-refractivity contribution is -0.129. The largest absolute Gasteiger partial charge is 0.378 e. The van der Waals surface area contributed by atoms with Gasteiger partial charge < -0.3 is 10.4 Å². The number of aliphatic hydroxyl groups is 1. The van der Waals surface area contributed by atoms with Crippen molar-refractivity contribution in [3.05, 3.63) is 33.8 Å². The van der Waals surface area contributed by atoms with Gasteiger partial charge in [-0.05, 0) is 23.8 Å². The van der Waals surface area contributed by atoms with Crippen LogP contribution in [0.25, 0.3) is 0 Å². The van der Waals surface area contributed by atoms with Crippen LogP contribution in [0.1, 0.15) is 11.7 Å². The first-order chi connectivity index (χ1) is 6.54. The Morgan fingerprint density at radius 3 is 2.29 bits per heavy atom. The molecular formula is C9H9Cl2NO2. The number of carbonyl (C=O) groups is 1. The van der Waals surface area contributed by atoms with Gasteiger partial charge in [0.05, 0.1) is 0 Å². The molecular weight excluding hydrogens is 225 g/mol. The van der Waals surface area contributed by atoms with Crippen molar-refractivity contribution in [1.29, 1.82) is 0 Å². The Morgan fingerprint density at radius 1 is 1.36 bits per heavy atom. The summed E-state index contributed by atoms with van der Waals surface area (Å²) >= 11 is 11.4. The smallest absolute Gasteiger partial charge is 0.253 e. The monoisotopic (exact) mass is 233 g/mol. The number of carbonyl (C=O) groups excluding carboxylic acids is 1.